The summed E-state index contributed by atoms with van der Waals surface area (Å²) in [5.74, 6) is 0. The van der Waals surface area contributed by atoms with Gasteiger partial charge < -0.3 is 4.98 Å². The molecule has 4 nitrogen and oxygen atoms in total. The molecule has 0 radical (unpaired) electrons. The average Bonchev–Trinajstić information content (AvgIpc) is 1.91. The Hall–Kier alpha value is -1.32. The van der Waals surface area contributed by atoms with Gasteiger partial charge in [-0.05, 0) is 0 Å². The molecule has 0 amide bonds. The molecule has 0 aliphatic heterocycles. The number of nitrogens with one attached hydrogen (secondary N) is 2. The zero-order valence-electron chi connectivity index (χ0n) is 5.97. The topological polar surface area (TPSA) is 65.7 Å². The molecule has 0 bridgehead atoms. The number of rotatable bonds is 0. The van der Waals surface area contributed by atoms with Gasteiger partial charge in [-0.15, -0.1) is 0 Å². The van der Waals surface area contributed by atoms with Crippen LogP contribution in [0.2, 0.25) is 0 Å². The Labute approximate surface area is 59.4 Å². The Bertz CT molecular complexity index is 253. The first-order valence-electron chi connectivity index (χ1n) is 3.07. The lowest BCUT2D eigenvalue weighted by Gasteiger charge is -1.75. The Balaban J connectivity index is 0. The van der Waals surface area contributed by atoms with Crippen LogP contribution < -0.4 is 11.2 Å². The molecule has 0 saturated carbocycles. The van der Waals surface area contributed by atoms with Gasteiger partial charge in [0.05, 0.1) is 0 Å². The molecule has 1 aromatic heterocycles. The van der Waals surface area contributed by atoms with Crippen LogP contribution in [0.25, 0.3) is 0 Å². The molecule has 10 heavy (non-hydrogen) atoms. The van der Waals surface area contributed by atoms with Crippen LogP contribution in [-0.2, 0) is 0 Å². The van der Waals surface area contributed by atoms with Gasteiger partial charge >= 0.3 is 5.69 Å². The molecule has 0 spiro atoms. The summed E-state index contributed by atoms with van der Waals surface area (Å²) in [6.07, 6.45) is 1.29. The number of hydrogen-bond donors (Lipinski definition) is 2. The van der Waals surface area contributed by atoms with E-state index in [1.54, 1.807) is 0 Å². The lowest BCUT2D eigenvalue weighted by atomic mass is 10.7. The largest absolute Gasteiger partial charge is 0.325 e. The van der Waals surface area contributed by atoms with Gasteiger partial charge in [0.2, 0.25) is 0 Å². The van der Waals surface area contributed by atoms with Crippen LogP contribution in [0.1, 0.15) is 15.3 Å². The van der Waals surface area contributed by atoms with Crippen molar-refractivity contribution in [2.24, 2.45) is 0 Å². The minimum atomic E-state index is -0.475. The van der Waals surface area contributed by atoms with Gasteiger partial charge in [-0.2, -0.15) is 0 Å². The van der Waals surface area contributed by atoms with E-state index in [2.05, 4.69) is 4.98 Å². The predicted molar refractivity (Wildman–Crippen MR) is 41.1 cm³/mol. The highest BCUT2D eigenvalue weighted by Gasteiger charge is 1.77. The van der Waals surface area contributed by atoms with Crippen LogP contribution in [0.15, 0.2) is 21.9 Å². The molecular weight excluding hydrogens is 132 g/mol. The molecule has 0 aliphatic rings. The summed E-state index contributed by atoms with van der Waals surface area (Å²) in [5, 5.41) is 0. The van der Waals surface area contributed by atoms with Crippen molar-refractivity contribution in [1.82, 2.24) is 9.97 Å². The summed E-state index contributed by atoms with van der Waals surface area (Å²) < 4.78 is 0. The number of H-pyrrole nitrogens is 2. The van der Waals surface area contributed by atoms with Crippen LogP contribution in [0.4, 0.5) is 0 Å². The van der Waals surface area contributed by atoms with Gasteiger partial charge in [0.15, 0.2) is 0 Å². The SMILES string of the molecule is CC.O=c1cc[nH]c(=O)[nH]1.[HH]. The summed E-state index contributed by atoms with van der Waals surface area (Å²) >= 11 is 0. The minimum absolute atomic E-state index is 0. The summed E-state index contributed by atoms with van der Waals surface area (Å²) in [5.41, 5.74) is -0.855. The maximum absolute atomic E-state index is 10.2. The molecular formula is C6H12N2O2. The van der Waals surface area contributed by atoms with Gasteiger partial charge in [0, 0.05) is 13.7 Å². The first-order chi connectivity index (χ1) is 4.79. The zero-order chi connectivity index (χ0) is 7.98. The van der Waals surface area contributed by atoms with Crippen LogP contribution in [0, 0.1) is 0 Å². The van der Waals surface area contributed by atoms with Gasteiger partial charge in [0.1, 0.15) is 0 Å². The summed E-state index contributed by atoms with van der Waals surface area (Å²) in [7, 11) is 0. The van der Waals surface area contributed by atoms with Crippen molar-refractivity contribution < 1.29 is 1.43 Å². The molecule has 0 aromatic carbocycles. The van der Waals surface area contributed by atoms with Crippen molar-refractivity contribution in [3.8, 4) is 0 Å². The summed E-state index contributed by atoms with van der Waals surface area (Å²) in [4.78, 5) is 24.7. The van der Waals surface area contributed by atoms with Crippen LogP contribution >= 0.6 is 0 Å². The van der Waals surface area contributed by atoms with Crippen LogP contribution in [0.3, 0.4) is 0 Å². The Morgan fingerprint density at radius 1 is 1.40 bits per heavy atom. The highest BCUT2D eigenvalue weighted by atomic mass is 16.2. The van der Waals surface area contributed by atoms with Gasteiger partial charge in [-0.1, -0.05) is 13.8 Å². The molecule has 4 heteroatoms. The van der Waals surface area contributed by atoms with E-state index in [1.807, 2.05) is 18.8 Å². The highest BCUT2D eigenvalue weighted by molar-refractivity contribution is 4.77. The van der Waals surface area contributed by atoms with E-state index in [1.165, 1.54) is 12.3 Å². The molecule has 0 fully saturated rings. The molecule has 0 saturated heterocycles. The van der Waals surface area contributed by atoms with Crippen molar-refractivity contribution in [2.75, 3.05) is 0 Å². The number of hydrogen-bond acceptors (Lipinski definition) is 2. The third-order valence-corrected chi connectivity index (χ3v) is 0.686. The van der Waals surface area contributed by atoms with E-state index in [0.717, 1.165) is 0 Å². The van der Waals surface area contributed by atoms with Gasteiger partial charge in [0.25, 0.3) is 5.56 Å². The second-order valence-corrected chi connectivity index (χ2v) is 1.30. The predicted octanol–water partition coefficient (Wildman–Crippen LogP) is 0.335. The zero-order valence-corrected chi connectivity index (χ0v) is 5.97. The van der Waals surface area contributed by atoms with E-state index < -0.39 is 5.69 Å². The maximum atomic E-state index is 10.2. The lowest BCUT2D eigenvalue weighted by molar-refractivity contribution is 1.04. The lowest BCUT2D eigenvalue weighted by Crippen LogP contribution is -2.19. The third-order valence-electron chi connectivity index (χ3n) is 0.686. The van der Waals surface area contributed by atoms with Crippen molar-refractivity contribution in [3.05, 3.63) is 33.1 Å². The number of aromatic amines is 2. The molecule has 1 heterocycles. The van der Waals surface area contributed by atoms with E-state index in [4.69, 9.17) is 0 Å². The van der Waals surface area contributed by atoms with Crippen LogP contribution in [0.5, 0.6) is 0 Å². The standard InChI is InChI=1S/C4H4N2O2.C2H6.H2/c7-3-1-2-5-4(8)6-3;1-2;/h1-2H,(H2,5,6,7,8);1-2H3;1H. The average molecular weight is 144 g/mol. The van der Waals surface area contributed by atoms with E-state index in [-0.39, 0.29) is 6.99 Å². The van der Waals surface area contributed by atoms with Gasteiger partial charge in [-0.25, -0.2) is 4.79 Å². The highest BCUT2D eigenvalue weighted by Crippen LogP contribution is 1.51. The molecule has 58 valence electrons. The molecule has 0 aliphatic carbocycles. The fourth-order valence-electron chi connectivity index (χ4n) is 0.383. The maximum Gasteiger partial charge on any atom is 0.325 e. The van der Waals surface area contributed by atoms with Crippen molar-refractivity contribution >= 4 is 0 Å². The van der Waals surface area contributed by atoms with Crippen molar-refractivity contribution in [2.45, 2.75) is 13.8 Å². The Morgan fingerprint density at radius 2 is 2.00 bits per heavy atom. The van der Waals surface area contributed by atoms with Crippen LogP contribution in [-0.4, -0.2) is 9.97 Å². The van der Waals surface area contributed by atoms with Crippen molar-refractivity contribution in [1.29, 1.82) is 0 Å². The molecule has 1 rings (SSSR count). The van der Waals surface area contributed by atoms with E-state index in [9.17, 15) is 9.59 Å². The van der Waals surface area contributed by atoms with E-state index >= 15 is 0 Å². The molecule has 2 N–H and O–H groups in total. The molecule has 1 aromatic rings. The summed E-state index contributed by atoms with van der Waals surface area (Å²) in [6.45, 7) is 4.00. The smallest absolute Gasteiger partial charge is 0.314 e. The van der Waals surface area contributed by atoms with Gasteiger partial charge in [-0.3, -0.25) is 9.78 Å². The van der Waals surface area contributed by atoms with E-state index in [0.29, 0.717) is 0 Å². The molecule has 0 atom stereocenters. The fourth-order valence-corrected chi connectivity index (χ4v) is 0.383. The first-order valence-corrected chi connectivity index (χ1v) is 3.07. The normalized spacial score (nSPS) is 7.80. The third kappa shape index (κ3) is 2.86. The monoisotopic (exact) mass is 144 g/mol. The Kier molecular flexibility index (Phi) is 3.95. The fraction of sp³-hybridized carbons (Fsp3) is 0.333. The first kappa shape index (κ1) is 8.68. The number of aromatic nitrogens is 2. The molecule has 0 unspecified atom stereocenters. The second-order valence-electron chi connectivity index (χ2n) is 1.30. The Morgan fingerprint density at radius 3 is 2.30 bits per heavy atom. The second kappa shape index (κ2) is 4.55. The quantitative estimate of drug-likeness (QED) is 0.551. The minimum Gasteiger partial charge on any atom is -0.314 e. The summed E-state index contributed by atoms with van der Waals surface area (Å²) in [6, 6.07) is 1.24. The van der Waals surface area contributed by atoms with Crippen molar-refractivity contribution in [3.63, 3.8) is 0 Å².